The van der Waals surface area contributed by atoms with Gasteiger partial charge in [-0.1, -0.05) is 16.8 Å². The standard InChI is InChI=1S/C15H20ClN5O2/c1-22-10-9-20-5-7-21(8-6-20)11-13-18-15(19-23-13)12-3-2-4-17-14(12)16/h2-4H,5-11H2,1H3. The Hall–Kier alpha value is -1.54. The molecule has 0 atom stereocenters. The van der Waals surface area contributed by atoms with Crippen molar-refractivity contribution in [3.8, 4) is 11.4 Å². The number of methoxy groups -OCH3 is 1. The zero-order chi connectivity index (χ0) is 16.1. The van der Waals surface area contributed by atoms with E-state index in [0.29, 0.717) is 29.0 Å². The molecule has 7 nitrogen and oxygen atoms in total. The largest absolute Gasteiger partial charge is 0.383 e. The lowest BCUT2D eigenvalue weighted by Gasteiger charge is -2.33. The van der Waals surface area contributed by atoms with Gasteiger partial charge in [0.15, 0.2) is 0 Å². The van der Waals surface area contributed by atoms with E-state index in [2.05, 4.69) is 24.9 Å². The van der Waals surface area contributed by atoms with Crippen molar-refractivity contribution in [3.63, 3.8) is 0 Å². The molecule has 0 amide bonds. The maximum atomic E-state index is 6.06. The first-order chi connectivity index (χ1) is 11.3. The average Bonchev–Trinajstić information content (AvgIpc) is 3.03. The summed E-state index contributed by atoms with van der Waals surface area (Å²) in [7, 11) is 1.73. The molecule has 0 spiro atoms. The third kappa shape index (κ3) is 4.26. The predicted octanol–water partition coefficient (Wildman–Crippen LogP) is 1.55. The van der Waals surface area contributed by atoms with E-state index in [-0.39, 0.29) is 0 Å². The molecular formula is C15H20ClN5O2. The van der Waals surface area contributed by atoms with E-state index in [1.165, 1.54) is 0 Å². The topological polar surface area (TPSA) is 67.5 Å². The van der Waals surface area contributed by atoms with Gasteiger partial charge in [0.25, 0.3) is 0 Å². The molecule has 1 aliphatic heterocycles. The van der Waals surface area contributed by atoms with Crippen LogP contribution in [0, 0.1) is 0 Å². The lowest BCUT2D eigenvalue weighted by atomic mass is 10.3. The molecule has 1 fully saturated rings. The second kappa shape index (κ2) is 7.83. The summed E-state index contributed by atoms with van der Waals surface area (Å²) in [5, 5.41) is 4.39. The first-order valence-corrected chi connectivity index (χ1v) is 8.01. The number of rotatable bonds is 6. The highest BCUT2D eigenvalue weighted by Crippen LogP contribution is 2.23. The molecule has 0 aliphatic carbocycles. The van der Waals surface area contributed by atoms with Gasteiger partial charge >= 0.3 is 0 Å². The van der Waals surface area contributed by atoms with Crippen molar-refractivity contribution in [2.75, 3.05) is 46.4 Å². The van der Waals surface area contributed by atoms with E-state index in [4.69, 9.17) is 20.9 Å². The lowest BCUT2D eigenvalue weighted by molar-refractivity contribution is 0.0883. The maximum absolute atomic E-state index is 6.06. The molecule has 0 unspecified atom stereocenters. The van der Waals surface area contributed by atoms with Gasteiger partial charge in [-0.3, -0.25) is 9.80 Å². The molecule has 1 saturated heterocycles. The van der Waals surface area contributed by atoms with E-state index in [1.54, 1.807) is 19.4 Å². The molecule has 0 radical (unpaired) electrons. The second-order valence-corrected chi connectivity index (χ2v) is 5.82. The molecular weight excluding hydrogens is 318 g/mol. The van der Waals surface area contributed by atoms with Gasteiger partial charge in [0.1, 0.15) is 5.15 Å². The van der Waals surface area contributed by atoms with Crippen molar-refractivity contribution < 1.29 is 9.26 Å². The van der Waals surface area contributed by atoms with Gasteiger partial charge < -0.3 is 9.26 Å². The van der Waals surface area contributed by atoms with Crippen molar-refractivity contribution in [1.29, 1.82) is 0 Å². The molecule has 1 aliphatic rings. The fourth-order valence-corrected chi connectivity index (χ4v) is 2.77. The molecule has 0 aromatic carbocycles. The number of aromatic nitrogens is 3. The van der Waals surface area contributed by atoms with Crippen LogP contribution in [0.4, 0.5) is 0 Å². The average molecular weight is 338 g/mol. The third-order valence-electron chi connectivity index (χ3n) is 3.90. The van der Waals surface area contributed by atoms with Crippen LogP contribution in [0.2, 0.25) is 5.15 Å². The fourth-order valence-electron chi connectivity index (χ4n) is 2.56. The Balaban J connectivity index is 1.55. The summed E-state index contributed by atoms with van der Waals surface area (Å²) in [4.78, 5) is 13.2. The zero-order valence-corrected chi connectivity index (χ0v) is 13.9. The van der Waals surface area contributed by atoms with Gasteiger partial charge in [-0.2, -0.15) is 4.98 Å². The predicted molar refractivity (Wildman–Crippen MR) is 86.1 cm³/mol. The number of ether oxygens (including phenoxy) is 1. The third-order valence-corrected chi connectivity index (χ3v) is 4.20. The Bertz CT molecular complexity index is 628. The molecule has 124 valence electrons. The fraction of sp³-hybridized carbons (Fsp3) is 0.533. The summed E-state index contributed by atoms with van der Waals surface area (Å²) < 4.78 is 10.5. The van der Waals surface area contributed by atoms with Crippen molar-refractivity contribution in [2.45, 2.75) is 6.54 Å². The molecule has 3 rings (SSSR count). The Labute approximate surface area is 140 Å². The van der Waals surface area contributed by atoms with Crippen LogP contribution in [-0.4, -0.2) is 71.4 Å². The second-order valence-electron chi connectivity index (χ2n) is 5.46. The molecule has 2 aromatic heterocycles. The first kappa shape index (κ1) is 16.3. The summed E-state index contributed by atoms with van der Waals surface area (Å²) in [6.45, 7) is 6.43. The van der Waals surface area contributed by atoms with E-state index in [1.807, 2.05) is 6.07 Å². The van der Waals surface area contributed by atoms with Gasteiger partial charge in [-0.05, 0) is 12.1 Å². The van der Waals surface area contributed by atoms with Crippen LogP contribution in [-0.2, 0) is 11.3 Å². The highest BCUT2D eigenvalue weighted by Gasteiger charge is 2.19. The quantitative estimate of drug-likeness (QED) is 0.741. The molecule has 0 saturated carbocycles. The minimum Gasteiger partial charge on any atom is -0.383 e. The van der Waals surface area contributed by atoms with Crippen LogP contribution in [0.25, 0.3) is 11.4 Å². The van der Waals surface area contributed by atoms with E-state index >= 15 is 0 Å². The highest BCUT2D eigenvalue weighted by molar-refractivity contribution is 6.31. The van der Waals surface area contributed by atoms with Crippen LogP contribution < -0.4 is 0 Å². The summed E-state index contributed by atoms with van der Waals surface area (Å²) >= 11 is 6.06. The summed E-state index contributed by atoms with van der Waals surface area (Å²) in [5.41, 5.74) is 0.688. The highest BCUT2D eigenvalue weighted by atomic mass is 35.5. The van der Waals surface area contributed by atoms with Gasteiger partial charge in [0.05, 0.1) is 18.7 Å². The van der Waals surface area contributed by atoms with Crippen LogP contribution >= 0.6 is 11.6 Å². The summed E-state index contributed by atoms with van der Waals surface area (Å²) in [6, 6.07) is 3.63. The Kier molecular flexibility index (Phi) is 5.56. The number of pyridine rings is 1. The van der Waals surface area contributed by atoms with Gasteiger partial charge in [0, 0.05) is 46.0 Å². The lowest BCUT2D eigenvalue weighted by Crippen LogP contribution is -2.46. The number of hydrogen-bond acceptors (Lipinski definition) is 7. The van der Waals surface area contributed by atoms with E-state index in [9.17, 15) is 0 Å². The number of piperazine rings is 1. The molecule has 23 heavy (non-hydrogen) atoms. The maximum Gasteiger partial charge on any atom is 0.241 e. The number of hydrogen-bond donors (Lipinski definition) is 0. The van der Waals surface area contributed by atoms with Gasteiger partial charge in [-0.15, -0.1) is 0 Å². The van der Waals surface area contributed by atoms with Crippen LogP contribution in [0.15, 0.2) is 22.9 Å². The molecule has 3 heterocycles. The molecule has 2 aromatic rings. The van der Waals surface area contributed by atoms with E-state index in [0.717, 1.165) is 39.3 Å². The number of halogens is 1. The summed E-state index contributed by atoms with van der Waals surface area (Å²) in [5.74, 6) is 1.09. The van der Waals surface area contributed by atoms with Crippen molar-refractivity contribution >= 4 is 11.6 Å². The number of nitrogens with zero attached hydrogens (tertiary/aromatic N) is 5. The Morgan fingerprint density at radius 1 is 1.26 bits per heavy atom. The van der Waals surface area contributed by atoms with Crippen LogP contribution in [0.5, 0.6) is 0 Å². The molecule has 0 bridgehead atoms. The Morgan fingerprint density at radius 3 is 2.78 bits per heavy atom. The van der Waals surface area contributed by atoms with E-state index < -0.39 is 0 Å². The molecule has 0 N–H and O–H groups in total. The van der Waals surface area contributed by atoms with Crippen molar-refractivity contribution in [2.24, 2.45) is 0 Å². The molecule has 8 heteroatoms. The SMILES string of the molecule is COCCN1CCN(Cc2nc(-c3cccnc3Cl)no2)CC1. The van der Waals surface area contributed by atoms with Gasteiger partial charge in [-0.25, -0.2) is 4.98 Å². The minimum absolute atomic E-state index is 0.381. The smallest absolute Gasteiger partial charge is 0.241 e. The zero-order valence-electron chi connectivity index (χ0n) is 13.1. The first-order valence-electron chi connectivity index (χ1n) is 7.63. The van der Waals surface area contributed by atoms with Gasteiger partial charge in [0.2, 0.25) is 11.7 Å². The minimum atomic E-state index is 0.381. The van der Waals surface area contributed by atoms with Crippen molar-refractivity contribution in [1.82, 2.24) is 24.9 Å². The van der Waals surface area contributed by atoms with Crippen LogP contribution in [0.3, 0.4) is 0 Å². The Morgan fingerprint density at radius 2 is 2.04 bits per heavy atom. The van der Waals surface area contributed by atoms with Crippen molar-refractivity contribution in [3.05, 3.63) is 29.4 Å². The van der Waals surface area contributed by atoms with Crippen LogP contribution in [0.1, 0.15) is 5.89 Å². The normalized spacial score (nSPS) is 16.8. The monoisotopic (exact) mass is 337 g/mol. The summed E-state index contributed by atoms with van der Waals surface area (Å²) in [6.07, 6.45) is 1.63.